The molecule has 3 aromatic rings. The van der Waals surface area contributed by atoms with Crippen LogP contribution in [0.15, 0.2) is 30.6 Å². The van der Waals surface area contributed by atoms with E-state index < -0.39 is 41.7 Å². The van der Waals surface area contributed by atoms with Gasteiger partial charge in [-0.05, 0) is 47.1 Å². The van der Waals surface area contributed by atoms with Crippen LogP contribution in [0.4, 0.5) is 11.8 Å². The van der Waals surface area contributed by atoms with Crippen molar-refractivity contribution in [3.05, 3.63) is 41.7 Å². The third-order valence-electron chi connectivity index (χ3n) is 11.6. The molecule has 3 aliphatic rings. The van der Waals surface area contributed by atoms with Crippen LogP contribution in [0.25, 0.3) is 11.2 Å². The molecule has 3 amide bonds. The molecule has 0 bridgehead atoms. The predicted octanol–water partition coefficient (Wildman–Crippen LogP) is 7.10. The predicted molar refractivity (Wildman–Crippen MR) is 221 cm³/mol. The Morgan fingerprint density at radius 3 is 2.11 bits per heavy atom. The monoisotopic (exact) mass is 823 g/mol. The highest BCUT2D eigenvalue weighted by molar-refractivity contribution is 6.84. The molecule has 3 N–H and O–H groups in total. The van der Waals surface area contributed by atoms with Crippen molar-refractivity contribution in [1.29, 1.82) is 0 Å². The van der Waals surface area contributed by atoms with Gasteiger partial charge in [-0.1, -0.05) is 94.2 Å². The maximum atomic E-state index is 12.8. The molecule has 15 nitrogen and oxygen atoms in total. The second-order valence-electron chi connectivity index (χ2n) is 17.1. The molecule has 2 aromatic heterocycles. The van der Waals surface area contributed by atoms with Crippen LogP contribution in [0, 0.1) is 5.92 Å². The van der Waals surface area contributed by atoms with Crippen LogP contribution in [0.2, 0.25) is 22.2 Å². The van der Waals surface area contributed by atoms with E-state index in [-0.39, 0.29) is 64.2 Å². The Balaban J connectivity index is 1.26. The number of aromatic nitrogens is 4. The molecule has 5 heterocycles. The Kier molecular flexibility index (Phi) is 13.1. The first kappa shape index (κ1) is 43.0. The first-order chi connectivity index (χ1) is 27.0. The fraction of sp³-hybridized carbons (Fsp3) is 0.650. The van der Waals surface area contributed by atoms with Gasteiger partial charge in [0.2, 0.25) is 11.9 Å². The molecule has 4 atom stereocenters. The van der Waals surface area contributed by atoms with Gasteiger partial charge in [0.1, 0.15) is 23.8 Å². The molecule has 3 aliphatic heterocycles. The van der Waals surface area contributed by atoms with Gasteiger partial charge in [-0.2, -0.15) is 9.97 Å². The Morgan fingerprint density at radius 1 is 0.895 bits per heavy atom. The highest BCUT2D eigenvalue weighted by atomic mass is 28.5. The third-order valence-corrected chi connectivity index (χ3v) is 21.8. The van der Waals surface area contributed by atoms with Gasteiger partial charge in [-0.25, -0.2) is 4.98 Å². The average Bonchev–Trinajstić information content (AvgIpc) is 3.79. The van der Waals surface area contributed by atoms with Crippen molar-refractivity contribution in [2.24, 2.45) is 5.92 Å². The molecular weight excluding hydrogens is 763 g/mol. The van der Waals surface area contributed by atoms with Crippen molar-refractivity contribution >= 4 is 57.8 Å². The topological polar surface area (TPSA) is 182 Å². The summed E-state index contributed by atoms with van der Waals surface area (Å²) in [4.78, 5) is 53.3. The molecule has 0 saturated carbocycles. The van der Waals surface area contributed by atoms with E-state index >= 15 is 0 Å². The van der Waals surface area contributed by atoms with Gasteiger partial charge in [-0.3, -0.25) is 29.2 Å². The Labute approximate surface area is 338 Å². The highest BCUT2D eigenvalue weighted by Gasteiger charge is 2.62. The van der Waals surface area contributed by atoms with Gasteiger partial charge in [0.05, 0.1) is 24.1 Å². The molecule has 17 heteroatoms. The lowest BCUT2D eigenvalue weighted by Crippen LogP contribution is -2.66. The number of unbranched alkanes of at least 4 members (excludes halogenated alkanes) is 3. The van der Waals surface area contributed by atoms with Crippen LogP contribution >= 0.6 is 0 Å². The van der Waals surface area contributed by atoms with Crippen LogP contribution in [0.5, 0.6) is 0 Å². The summed E-state index contributed by atoms with van der Waals surface area (Å²) in [5, 5.41) is 2.77. The van der Waals surface area contributed by atoms with E-state index in [1.165, 1.54) is 4.90 Å². The van der Waals surface area contributed by atoms with E-state index in [9.17, 15) is 14.4 Å². The van der Waals surface area contributed by atoms with Crippen LogP contribution in [-0.2, 0) is 27.2 Å². The molecule has 4 unspecified atom stereocenters. The van der Waals surface area contributed by atoms with Crippen LogP contribution in [0.1, 0.15) is 122 Å². The summed E-state index contributed by atoms with van der Waals surface area (Å²) in [6.07, 6.45) is 2.31. The lowest BCUT2D eigenvalue weighted by atomic mass is 10.1. The molecule has 1 aromatic carbocycles. The average molecular weight is 824 g/mol. The lowest BCUT2D eigenvalue weighted by molar-refractivity contribution is -0.118. The molecule has 0 spiro atoms. The summed E-state index contributed by atoms with van der Waals surface area (Å²) in [5.74, 6) is -0.785. The van der Waals surface area contributed by atoms with Crippen molar-refractivity contribution in [2.45, 2.75) is 142 Å². The number of nitrogens with one attached hydrogen (secondary N) is 1. The smallest absolute Gasteiger partial charge is 0.335 e. The summed E-state index contributed by atoms with van der Waals surface area (Å²) in [6, 6.07) is 6.96. The lowest BCUT2D eigenvalue weighted by Gasteiger charge is -2.51. The van der Waals surface area contributed by atoms with Crippen molar-refractivity contribution < 1.29 is 36.8 Å². The number of hydrogen-bond acceptors (Lipinski definition) is 12. The number of rotatable bonds is 15. The summed E-state index contributed by atoms with van der Waals surface area (Å²) < 4.78 is 37.5. The molecule has 2 fully saturated rings. The zero-order chi connectivity index (χ0) is 41.4. The van der Waals surface area contributed by atoms with Crippen LogP contribution < -0.4 is 11.1 Å². The third kappa shape index (κ3) is 8.21. The molecular formula is C40H61N7O8Si2. The molecule has 2 saturated heterocycles. The SMILES string of the molecule is CC(C)C(=O)Nc1nc(N)c2ncn(C3OC4CO[Si](C(C)C)(C(C)C)O[Si](C(C)C)(C(C)C)OC4C3OCCCCCCN3C(=O)c4ccccc4C3=O)c2n1. The van der Waals surface area contributed by atoms with E-state index in [1.807, 2.05) is 0 Å². The van der Waals surface area contributed by atoms with Crippen LogP contribution in [-0.4, -0.2) is 97.3 Å². The summed E-state index contributed by atoms with van der Waals surface area (Å²) in [5.41, 5.74) is 8.61. The van der Waals surface area contributed by atoms with E-state index in [0.29, 0.717) is 41.9 Å². The van der Waals surface area contributed by atoms with Gasteiger partial charge in [0.25, 0.3) is 11.8 Å². The minimum absolute atomic E-state index is 0.0758. The number of imide groups is 1. The Hall–Kier alpha value is -3.59. The van der Waals surface area contributed by atoms with Gasteiger partial charge in [0, 0.05) is 19.1 Å². The Bertz CT molecular complexity index is 1890. The first-order valence-electron chi connectivity index (χ1n) is 20.6. The fourth-order valence-electron chi connectivity index (χ4n) is 8.35. The van der Waals surface area contributed by atoms with Gasteiger partial charge < -0.3 is 28.2 Å². The van der Waals surface area contributed by atoms with E-state index in [4.69, 9.17) is 33.2 Å². The second-order valence-corrected chi connectivity index (χ2v) is 25.9. The standard InChI is InChI=1S/C40H61N7O8Si2/c1-23(2)36(48)45-40-43-34(41)31-35(44-40)47(22-42-31)39-33(51-20-16-12-11-15-19-46-37(49)28-17-13-14-18-29(28)38(46)50)32-30(53-39)21-52-56(24(3)4,25(5)6)55-57(54-32,26(7)8)27(9)10/h13-14,17-18,22-27,30,32-33,39H,11-12,15-16,19-21H2,1-10H3,(H3,41,43,44,45,48). The number of hydrogen-bond donors (Lipinski definition) is 2. The van der Waals surface area contributed by atoms with Crippen molar-refractivity contribution in [3.63, 3.8) is 0 Å². The minimum Gasteiger partial charge on any atom is -0.414 e. The fourth-order valence-corrected chi connectivity index (χ4v) is 19.6. The molecule has 6 rings (SSSR count). The first-order valence-corrected chi connectivity index (χ1v) is 24.5. The van der Waals surface area contributed by atoms with Gasteiger partial charge in [-0.15, -0.1) is 0 Å². The van der Waals surface area contributed by atoms with Crippen molar-refractivity contribution in [3.8, 4) is 0 Å². The Morgan fingerprint density at radius 2 is 1.51 bits per heavy atom. The van der Waals surface area contributed by atoms with E-state index in [2.05, 4.69) is 70.7 Å². The number of fused-ring (bicyclic) bond motifs is 3. The normalized spacial score (nSPS) is 23.2. The van der Waals surface area contributed by atoms with E-state index in [0.717, 1.165) is 19.3 Å². The molecule has 0 radical (unpaired) electrons. The molecule has 0 aliphatic carbocycles. The number of benzene rings is 1. The van der Waals surface area contributed by atoms with Gasteiger partial charge in [0.15, 0.2) is 17.7 Å². The maximum Gasteiger partial charge on any atom is 0.335 e. The second kappa shape index (κ2) is 17.3. The number of nitrogens with zero attached hydrogens (tertiary/aromatic N) is 5. The summed E-state index contributed by atoms with van der Waals surface area (Å²) >= 11 is 0. The number of anilines is 2. The number of amides is 3. The number of carbonyl (C=O) groups is 3. The number of nitrogens with two attached hydrogens (primary N) is 1. The zero-order valence-corrected chi connectivity index (χ0v) is 37.1. The quantitative estimate of drug-likeness (QED) is 0.0903. The number of carbonyl (C=O) groups excluding carboxylic acids is 3. The minimum atomic E-state index is -3.04. The summed E-state index contributed by atoms with van der Waals surface area (Å²) in [6.45, 7) is 22.1. The summed E-state index contributed by atoms with van der Waals surface area (Å²) in [7, 11) is -5.88. The highest BCUT2D eigenvalue weighted by Crippen LogP contribution is 2.49. The van der Waals surface area contributed by atoms with Crippen LogP contribution in [0.3, 0.4) is 0 Å². The molecule has 57 heavy (non-hydrogen) atoms. The largest absolute Gasteiger partial charge is 0.414 e. The molecule has 312 valence electrons. The zero-order valence-electron chi connectivity index (χ0n) is 35.1. The maximum absolute atomic E-state index is 12.8. The van der Waals surface area contributed by atoms with Crippen molar-refractivity contribution in [2.75, 3.05) is 30.8 Å². The number of imidazole rings is 1. The van der Waals surface area contributed by atoms with Crippen molar-refractivity contribution in [1.82, 2.24) is 24.4 Å². The van der Waals surface area contributed by atoms with E-state index in [1.54, 1.807) is 49.0 Å². The number of nitrogen functional groups attached to an aromatic ring is 1. The number of ether oxygens (including phenoxy) is 2. The van der Waals surface area contributed by atoms with Gasteiger partial charge >= 0.3 is 17.1 Å².